The molecule has 4 nitrogen and oxygen atoms in total. The number of halogens is 1. The van der Waals surface area contributed by atoms with Gasteiger partial charge >= 0.3 is 0 Å². The van der Waals surface area contributed by atoms with E-state index in [1.54, 1.807) is 10.7 Å². The Balaban J connectivity index is 1.38. The molecule has 1 spiro atoms. The lowest BCUT2D eigenvalue weighted by Gasteiger charge is -2.42. The first-order valence-corrected chi connectivity index (χ1v) is 8.77. The second kappa shape index (κ2) is 4.68. The van der Waals surface area contributed by atoms with Gasteiger partial charge < -0.3 is 4.74 Å². The molecule has 2 aromatic heterocycles. The zero-order valence-electron chi connectivity index (χ0n) is 12.5. The van der Waals surface area contributed by atoms with Gasteiger partial charge in [0.2, 0.25) is 0 Å². The first-order valence-electron chi connectivity index (χ1n) is 8.39. The van der Waals surface area contributed by atoms with Gasteiger partial charge in [-0.25, -0.2) is 9.50 Å². The van der Waals surface area contributed by atoms with Crippen LogP contribution in [0.25, 0.3) is 5.65 Å². The Bertz CT molecular complexity index is 720. The lowest BCUT2D eigenvalue weighted by atomic mass is 9.73. The van der Waals surface area contributed by atoms with Crippen LogP contribution in [0.3, 0.4) is 0 Å². The van der Waals surface area contributed by atoms with E-state index in [1.165, 1.54) is 25.7 Å². The monoisotopic (exact) mass is 317 g/mol. The van der Waals surface area contributed by atoms with Crippen molar-refractivity contribution in [3.05, 3.63) is 29.2 Å². The Hall–Kier alpha value is -1.13. The van der Waals surface area contributed by atoms with Crippen LogP contribution in [0.5, 0.6) is 0 Å². The van der Waals surface area contributed by atoms with Gasteiger partial charge in [0.1, 0.15) is 5.15 Å². The maximum Gasteiger partial charge on any atom is 0.156 e. The molecule has 5 heteroatoms. The van der Waals surface area contributed by atoms with Crippen LogP contribution in [0.2, 0.25) is 5.15 Å². The minimum Gasteiger partial charge on any atom is -0.375 e. The van der Waals surface area contributed by atoms with Crippen LogP contribution in [-0.2, 0) is 4.74 Å². The summed E-state index contributed by atoms with van der Waals surface area (Å²) in [4.78, 5) is 4.76. The topological polar surface area (TPSA) is 39.4 Å². The molecule has 1 unspecified atom stereocenters. The first-order chi connectivity index (χ1) is 10.8. The second-order valence-corrected chi connectivity index (χ2v) is 7.57. The molecule has 3 aliphatic rings. The van der Waals surface area contributed by atoms with Gasteiger partial charge in [0.05, 0.1) is 11.8 Å². The van der Waals surface area contributed by atoms with Gasteiger partial charge in [-0.1, -0.05) is 11.6 Å². The largest absolute Gasteiger partial charge is 0.375 e. The van der Waals surface area contributed by atoms with E-state index in [4.69, 9.17) is 21.3 Å². The molecule has 3 fully saturated rings. The summed E-state index contributed by atoms with van der Waals surface area (Å²) in [7, 11) is 0. The summed E-state index contributed by atoms with van der Waals surface area (Å²) in [6, 6.07) is 3.91. The zero-order chi connectivity index (χ0) is 14.7. The Morgan fingerprint density at radius 2 is 2.14 bits per heavy atom. The number of rotatable bonds is 1. The van der Waals surface area contributed by atoms with E-state index in [9.17, 15) is 0 Å². The van der Waals surface area contributed by atoms with Gasteiger partial charge in [0.25, 0.3) is 0 Å². The molecular weight excluding hydrogens is 298 g/mol. The van der Waals surface area contributed by atoms with Crippen molar-refractivity contribution in [2.45, 2.75) is 50.0 Å². The van der Waals surface area contributed by atoms with E-state index in [1.807, 2.05) is 12.1 Å². The molecule has 2 aliphatic carbocycles. The lowest BCUT2D eigenvalue weighted by Crippen LogP contribution is -2.42. The molecule has 0 amide bonds. The van der Waals surface area contributed by atoms with Gasteiger partial charge in [0.15, 0.2) is 5.65 Å². The maximum absolute atomic E-state index is 6.33. The fourth-order valence-electron chi connectivity index (χ4n) is 4.75. The Labute approximate surface area is 134 Å². The molecule has 1 saturated heterocycles. The molecule has 0 N–H and O–H groups in total. The van der Waals surface area contributed by atoms with Crippen molar-refractivity contribution >= 4 is 17.2 Å². The Morgan fingerprint density at radius 1 is 1.27 bits per heavy atom. The smallest absolute Gasteiger partial charge is 0.156 e. The highest BCUT2D eigenvalue weighted by Gasteiger charge is 2.56. The van der Waals surface area contributed by atoms with Crippen LogP contribution in [-0.4, -0.2) is 26.8 Å². The standard InChI is InChI=1S/C17H20ClN3O/c18-15-10-14(20-16-3-7-19-21(15)16)11-1-5-17(6-2-11)13-9-12(13)4-8-22-17/h3,7,10-13H,1-2,4-6,8-9H2/t11?,12?,13-,17?/m1/s1. The summed E-state index contributed by atoms with van der Waals surface area (Å²) in [6.07, 6.45) is 9.12. The molecule has 2 aromatic rings. The van der Waals surface area contributed by atoms with Crippen LogP contribution in [0.4, 0.5) is 0 Å². The van der Waals surface area contributed by atoms with Crippen molar-refractivity contribution in [2.75, 3.05) is 6.61 Å². The van der Waals surface area contributed by atoms with Crippen molar-refractivity contribution in [1.82, 2.24) is 14.6 Å². The summed E-state index contributed by atoms with van der Waals surface area (Å²) in [5, 5.41) is 4.84. The number of nitrogens with zero attached hydrogens (tertiary/aromatic N) is 3. The first kappa shape index (κ1) is 13.3. The van der Waals surface area contributed by atoms with Gasteiger partial charge in [-0.2, -0.15) is 5.10 Å². The molecular formula is C17H20ClN3O. The van der Waals surface area contributed by atoms with E-state index < -0.39 is 0 Å². The summed E-state index contributed by atoms with van der Waals surface area (Å²) in [6.45, 7) is 0.970. The third-order valence-electron chi connectivity index (χ3n) is 6.06. The van der Waals surface area contributed by atoms with Crippen LogP contribution in [0, 0.1) is 11.8 Å². The second-order valence-electron chi connectivity index (χ2n) is 7.18. The number of fused-ring (bicyclic) bond motifs is 3. The molecule has 0 aromatic carbocycles. The molecule has 5 rings (SSSR count). The van der Waals surface area contributed by atoms with E-state index in [0.29, 0.717) is 11.1 Å². The number of hydrogen-bond acceptors (Lipinski definition) is 3. The average Bonchev–Trinajstić information content (AvgIpc) is 3.18. The van der Waals surface area contributed by atoms with E-state index in [2.05, 4.69) is 5.10 Å². The third kappa shape index (κ3) is 1.93. The number of hydrogen-bond donors (Lipinski definition) is 0. The summed E-state index contributed by atoms with van der Waals surface area (Å²) in [5.41, 5.74) is 2.17. The van der Waals surface area contributed by atoms with Crippen molar-refractivity contribution in [1.29, 1.82) is 0 Å². The van der Waals surface area contributed by atoms with Gasteiger partial charge in [-0.05, 0) is 56.4 Å². The quantitative estimate of drug-likeness (QED) is 0.750. The predicted molar refractivity (Wildman–Crippen MR) is 84.1 cm³/mol. The van der Waals surface area contributed by atoms with Crippen LogP contribution in [0.15, 0.2) is 18.3 Å². The third-order valence-corrected chi connectivity index (χ3v) is 6.33. The lowest BCUT2D eigenvalue weighted by molar-refractivity contribution is -0.112. The minimum absolute atomic E-state index is 0.198. The number of ether oxygens (including phenoxy) is 1. The Morgan fingerprint density at radius 3 is 3.00 bits per heavy atom. The number of aromatic nitrogens is 3. The predicted octanol–water partition coefficient (Wildman–Crippen LogP) is 3.84. The fourth-order valence-corrected chi connectivity index (χ4v) is 4.99. The summed E-state index contributed by atoms with van der Waals surface area (Å²) in [5.74, 6) is 2.31. The maximum atomic E-state index is 6.33. The van der Waals surface area contributed by atoms with Crippen molar-refractivity contribution < 1.29 is 4.74 Å². The highest BCUT2D eigenvalue weighted by Crippen LogP contribution is 2.59. The SMILES string of the molecule is Clc1cc(C2CCC3(CC2)OCCC2C[C@H]23)nc2ccnn12. The van der Waals surface area contributed by atoms with E-state index >= 15 is 0 Å². The normalized spacial score (nSPS) is 37.4. The zero-order valence-corrected chi connectivity index (χ0v) is 13.3. The molecule has 0 bridgehead atoms. The van der Waals surface area contributed by atoms with Crippen molar-refractivity contribution in [3.8, 4) is 0 Å². The minimum atomic E-state index is 0.198. The Kier molecular flexibility index (Phi) is 2.84. The van der Waals surface area contributed by atoms with Crippen molar-refractivity contribution in [3.63, 3.8) is 0 Å². The average molecular weight is 318 g/mol. The summed E-state index contributed by atoms with van der Waals surface area (Å²) < 4.78 is 7.95. The molecule has 22 heavy (non-hydrogen) atoms. The highest BCUT2D eigenvalue weighted by atomic mass is 35.5. The molecule has 3 heterocycles. The van der Waals surface area contributed by atoms with Crippen LogP contribution in [0.1, 0.15) is 50.1 Å². The molecule has 2 saturated carbocycles. The molecule has 116 valence electrons. The summed E-state index contributed by atoms with van der Waals surface area (Å²) >= 11 is 6.33. The van der Waals surface area contributed by atoms with E-state index in [-0.39, 0.29) is 5.60 Å². The molecule has 0 radical (unpaired) electrons. The van der Waals surface area contributed by atoms with Gasteiger partial charge in [-0.15, -0.1) is 0 Å². The fraction of sp³-hybridized carbons (Fsp3) is 0.647. The van der Waals surface area contributed by atoms with Crippen LogP contribution >= 0.6 is 11.6 Å². The van der Waals surface area contributed by atoms with Crippen LogP contribution < -0.4 is 0 Å². The molecule has 2 atom stereocenters. The van der Waals surface area contributed by atoms with E-state index in [0.717, 1.165) is 42.6 Å². The highest BCUT2D eigenvalue weighted by molar-refractivity contribution is 6.29. The molecule has 1 aliphatic heterocycles. The van der Waals surface area contributed by atoms with Gasteiger partial charge in [0, 0.05) is 24.3 Å². The van der Waals surface area contributed by atoms with Gasteiger partial charge in [-0.3, -0.25) is 0 Å². The van der Waals surface area contributed by atoms with Crippen molar-refractivity contribution in [2.24, 2.45) is 11.8 Å².